The van der Waals surface area contributed by atoms with Gasteiger partial charge < -0.3 is 9.64 Å². The van der Waals surface area contributed by atoms with E-state index in [1.165, 1.54) is 6.07 Å². The van der Waals surface area contributed by atoms with Gasteiger partial charge in [-0.1, -0.05) is 30.0 Å². The van der Waals surface area contributed by atoms with Crippen molar-refractivity contribution in [3.8, 4) is 11.8 Å². The first-order valence-corrected chi connectivity index (χ1v) is 8.49. The molecule has 0 unspecified atom stereocenters. The standard InChI is InChI=1S/C20H17N3O3/c24-19-16-8-9-21-18(17(16)20(25)26-19)23-13-11-22(12-14-23)10-4-7-15-5-2-1-3-6-15/h1-3,5-6,8-9H,10-14H2. The minimum Gasteiger partial charge on any atom is -0.386 e. The number of cyclic esters (lactones) is 2. The summed E-state index contributed by atoms with van der Waals surface area (Å²) in [5.41, 5.74) is 1.60. The SMILES string of the molecule is O=C1OC(=O)c2c1ccnc2N1CCN(CC#Cc2ccccc2)CC1. The zero-order chi connectivity index (χ0) is 17.9. The molecule has 0 atom stereocenters. The highest BCUT2D eigenvalue weighted by molar-refractivity contribution is 6.17. The molecule has 1 aromatic heterocycles. The number of piperazine rings is 1. The molecule has 6 nitrogen and oxygen atoms in total. The van der Waals surface area contributed by atoms with Gasteiger partial charge in [0.05, 0.1) is 12.1 Å². The third-order valence-corrected chi connectivity index (χ3v) is 4.52. The number of pyridine rings is 1. The molecular formula is C20H17N3O3. The number of carbonyl (C=O) groups is 2. The molecule has 6 heteroatoms. The number of hydrogen-bond donors (Lipinski definition) is 0. The van der Waals surface area contributed by atoms with E-state index >= 15 is 0 Å². The van der Waals surface area contributed by atoms with E-state index in [0.29, 0.717) is 17.9 Å². The van der Waals surface area contributed by atoms with E-state index in [9.17, 15) is 9.59 Å². The maximum atomic E-state index is 11.9. The first kappa shape index (κ1) is 16.3. The molecule has 3 heterocycles. The molecule has 1 saturated heterocycles. The van der Waals surface area contributed by atoms with Crippen LogP contribution in [0.2, 0.25) is 0 Å². The smallest absolute Gasteiger partial charge is 0.350 e. The van der Waals surface area contributed by atoms with Crippen molar-refractivity contribution in [3.63, 3.8) is 0 Å². The van der Waals surface area contributed by atoms with Crippen molar-refractivity contribution < 1.29 is 14.3 Å². The van der Waals surface area contributed by atoms with E-state index < -0.39 is 11.9 Å². The predicted octanol–water partition coefficient (Wildman–Crippen LogP) is 1.57. The van der Waals surface area contributed by atoms with E-state index in [1.54, 1.807) is 6.20 Å². The molecule has 4 rings (SSSR count). The summed E-state index contributed by atoms with van der Waals surface area (Å²) < 4.78 is 4.71. The summed E-state index contributed by atoms with van der Waals surface area (Å²) in [7, 11) is 0. The largest absolute Gasteiger partial charge is 0.386 e. The summed E-state index contributed by atoms with van der Waals surface area (Å²) in [6.45, 7) is 3.77. The number of benzene rings is 1. The van der Waals surface area contributed by atoms with Gasteiger partial charge in [0.1, 0.15) is 11.4 Å². The Labute approximate surface area is 151 Å². The van der Waals surface area contributed by atoms with Crippen LogP contribution < -0.4 is 4.90 Å². The number of carbonyl (C=O) groups excluding carboxylic acids is 2. The molecule has 1 fully saturated rings. The van der Waals surface area contributed by atoms with E-state index in [-0.39, 0.29) is 5.56 Å². The van der Waals surface area contributed by atoms with Crippen LogP contribution in [0.5, 0.6) is 0 Å². The average Bonchev–Trinajstić information content (AvgIpc) is 2.97. The molecule has 2 aromatic rings. The second kappa shape index (κ2) is 6.98. The zero-order valence-corrected chi connectivity index (χ0v) is 14.1. The number of aromatic nitrogens is 1. The molecule has 0 N–H and O–H groups in total. The minimum atomic E-state index is -0.607. The van der Waals surface area contributed by atoms with E-state index in [4.69, 9.17) is 4.74 Å². The third kappa shape index (κ3) is 3.17. The molecule has 0 aliphatic carbocycles. The highest BCUT2D eigenvalue weighted by Crippen LogP contribution is 2.28. The summed E-state index contributed by atoms with van der Waals surface area (Å²) in [5, 5.41) is 0. The lowest BCUT2D eigenvalue weighted by Crippen LogP contribution is -2.47. The van der Waals surface area contributed by atoms with Crippen molar-refractivity contribution in [2.24, 2.45) is 0 Å². The van der Waals surface area contributed by atoms with E-state index in [2.05, 4.69) is 21.7 Å². The highest BCUT2D eigenvalue weighted by Gasteiger charge is 2.35. The summed E-state index contributed by atoms with van der Waals surface area (Å²) in [6.07, 6.45) is 1.55. The topological polar surface area (TPSA) is 62.7 Å². The average molecular weight is 347 g/mol. The Hall–Kier alpha value is -3.17. The summed E-state index contributed by atoms with van der Waals surface area (Å²) in [6, 6.07) is 11.4. The van der Waals surface area contributed by atoms with Crippen molar-refractivity contribution in [1.29, 1.82) is 0 Å². The Morgan fingerprint density at radius 3 is 2.54 bits per heavy atom. The maximum Gasteiger partial charge on any atom is 0.350 e. The fraction of sp³-hybridized carbons (Fsp3) is 0.250. The number of rotatable bonds is 2. The molecule has 2 aliphatic rings. The minimum absolute atomic E-state index is 0.287. The lowest BCUT2D eigenvalue weighted by Gasteiger charge is -2.34. The maximum absolute atomic E-state index is 11.9. The predicted molar refractivity (Wildman–Crippen MR) is 96.0 cm³/mol. The van der Waals surface area contributed by atoms with Crippen molar-refractivity contribution in [2.45, 2.75) is 0 Å². The summed E-state index contributed by atoms with van der Waals surface area (Å²) >= 11 is 0. The van der Waals surface area contributed by atoms with E-state index in [1.807, 2.05) is 35.2 Å². The monoisotopic (exact) mass is 347 g/mol. The second-order valence-electron chi connectivity index (χ2n) is 6.17. The molecule has 0 spiro atoms. The van der Waals surface area contributed by atoms with E-state index in [0.717, 1.165) is 31.7 Å². The fourth-order valence-electron chi connectivity index (χ4n) is 3.14. The number of esters is 2. The van der Waals surface area contributed by atoms with Crippen LogP contribution in [0.4, 0.5) is 5.82 Å². The van der Waals surface area contributed by atoms with Gasteiger partial charge in [-0.15, -0.1) is 0 Å². The van der Waals surface area contributed by atoms with Crippen LogP contribution in [-0.2, 0) is 4.74 Å². The highest BCUT2D eigenvalue weighted by atomic mass is 16.6. The van der Waals surface area contributed by atoms with Crippen LogP contribution in [0.25, 0.3) is 0 Å². The molecule has 0 radical (unpaired) electrons. The third-order valence-electron chi connectivity index (χ3n) is 4.52. The number of nitrogens with zero attached hydrogens (tertiary/aromatic N) is 3. The van der Waals surface area contributed by atoms with Crippen LogP contribution in [0, 0.1) is 11.8 Å². The number of fused-ring (bicyclic) bond motifs is 1. The second-order valence-corrected chi connectivity index (χ2v) is 6.17. The van der Waals surface area contributed by atoms with Crippen molar-refractivity contribution >= 4 is 17.8 Å². The number of ether oxygens (including phenoxy) is 1. The van der Waals surface area contributed by atoms with Gasteiger partial charge in [0.25, 0.3) is 0 Å². The van der Waals surface area contributed by atoms with Crippen LogP contribution in [0.15, 0.2) is 42.6 Å². The van der Waals surface area contributed by atoms with Gasteiger partial charge in [-0.2, -0.15) is 0 Å². The van der Waals surface area contributed by atoms with Gasteiger partial charge >= 0.3 is 11.9 Å². The van der Waals surface area contributed by atoms with Crippen molar-refractivity contribution in [3.05, 3.63) is 59.3 Å². The molecule has 1 aromatic carbocycles. The van der Waals surface area contributed by atoms with Gasteiger partial charge in [-0.3, -0.25) is 4.90 Å². The number of anilines is 1. The molecular weight excluding hydrogens is 330 g/mol. The Balaban J connectivity index is 1.40. The van der Waals surface area contributed by atoms with Crippen LogP contribution in [0.3, 0.4) is 0 Å². The van der Waals surface area contributed by atoms with Gasteiger partial charge in [-0.05, 0) is 18.2 Å². The van der Waals surface area contributed by atoms with Gasteiger partial charge in [0.15, 0.2) is 0 Å². The normalized spacial score (nSPS) is 16.7. The summed E-state index contributed by atoms with van der Waals surface area (Å²) in [4.78, 5) is 32.2. The van der Waals surface area contributed by atoms with Crippen LogP contribution in [0.1, 0.15) is 26.3 Å². The van der Waals surface area contributed by atoms with Gasteiger partial charge in [-0.25, -0.2) is 14.6 Å². The Bertz CT molecular complexity index is 907. The van der Waals surface area contributed by atoms with Crippen molar-refractivity contribution in [2.75, 3.05) is 37.6 Å². The van der Waals surface area contributed by atoms with Gasteiger partial charge in [0.2, 0.25) is 0 Å². The van der Waals surface area contributed by atoms with Gasteiger partial charge in [0, 0.05) is 37.9 Å². The first-order chi connectivity index (χ1) is 12.7. The number of hydrogen-bond acceptors (Lipinski definition) is 6. The quantitative estimate of drug-likeness (QED) is 0.467. The fourth-order valence-corrected chi connectivity index (χ4v) is 3.14. The lowest BCUT2D eigenvalue weighted by molar-refractivity contribution is 0.0444. The van der Waals surface area contributed by atoms with Crippen LogP contribution in [-0.4, -0.2) is 54.5 Å². The zero-order valence-electron chi connectivity index (χ0n) is 14.1. The Kier molecular flexibility index (Phi) is 4.38. The Morgan fingerprint density at radius 2 is 1.77 bits per heavy atom. The molecule has 0 saturated carbocycles. The molecule has 26 heavy (non-hydrogen) atoms. The first-order valence-electron chi connectivity index (χ1n) is 8.49. The summed E-state index contributed by atoms with van der Waals surface area (Å²) in [5.74, 6) is 5.70. The molecule has 0 bridgehead atoms. The molecule has 130 valence electrons. The molecule has 0 amide bonds. The lowest BCUT2D eigenvalue weighted by atomic mass is 10.1. The van der Waals surface area contributed by atoms with Crippen LogP contribution >= 0.6 is 0 Å². The Morgan fingerprint density at radius 1 is 1.00 bits per heavy atom. The molecule has 2 aliphatic heterocycles. The van der Waals surface area contributed by atoms with Crippen molar-refractivity contribution in [1.82, 2.24) is 9.88 Å².